The van der Waals surface area contributed by atoms with Crippen molar-refractivity contribution in [3.05, 3.63) is 41.9 Å². The number of hydrogen-bond donors (Lipinski definition) is 1. The van der Waals surface area contributed by atoms with E-state index in [0.717, 1.165) is 12.1 Å². The molecule has 0 saturated heterocycles. The lowest BCUT2D eigenvalue weighted by Gasteiger charge is -2.05. The highest BCUT2D eigenvalue weighted by Gasteiger charge is 2.09. The first-order valence-electron chi connectivity index (χ1n) is 5.49. The third-order valence-electron chi connectivity index (χ3n) is 2.73. The van der Waals surface area contributed by atoms with E-state index < -0.39 is 0 Å². The van der Waals surface area contributed by atoms with E-state index >= 15 is 0 Å². The van der Waals surface area contributed by atoms with Crippen molar-refractivity contribution in [2.24, 2.45) is 12.8 Å². The van der Waals surface area contributed by atoms with Gasteiger partial charge in [0.1, 0.15) is 0 Å². The highest BCUT2D eigenvalue weighted by molar-refractivity contribution is 5.62. The summed E-state index contributed by atoms with van der Waals surface area (Å²) < 4.78 is 2.05. The van der Waals surface area contributed by atoms with E-state index in [0.29, 0.717) is 6.54 Å². The lowest BCUT2D eigenvalue weighted by Crippen LogP contribution is -2.07. The van der Waals surface area contributed by atoms with Gasteiger partial charge in [-0.2, -0.15) is 0 Å². The molecule has 2 rings (SSSR count). The van der Waals surface area contributed by atoms with Gasteiger partial charge in [-0.3, -0.25) is 0 Å². The fourth-order valence-corrected chi connectivity index (χ4v) is 1.92. The normalized spacial score (nSPS) is 10.7. The van der Waals surface area contributed by atoms with Crippen LogP contribution in [0.25, 0.3) is 11.3 Å². The summed E-state index contributed by atoms with van der Waals surface area (Å²) in [6.45, 7) is 2.74. The van der Waals surface area contributed by atoms with Gasteiger partial charge in [0.2, 0.25) is 0 Å². The predicted octanol–water partition coefficient (Wildman–Crippen LogP) is 1.90. The van der Waals surface area contributed by atoms with Crippen molar-refractivity contribution in [3.8, 4) is 11.3 Å². The Morgan fingerprint density at radius 3 is 2.88 bits per heavy atom. The van der Waals surface area contributed by atoms with Crippen LogP contribution < -0.4 is 5.73 Å². The van der Waals surface area contributed by atoms with E-state index in [2.05, 4.69) is 36.2 Å². The average molecular weight is 215 g/mol. The van der Waals surface area contributed by atoms with Crippen LogP contribution in [0.15, 0.2) is 30.6 Å². The second kappa shape index (κ2) is 4.49. The molecule has 0 fully saturated rings. The van der Waals surface area contributed by atoms with E-state index in [1.165, 1.54) is 16.8 Å². The molecule has 0 aliphatic carbocycles. The van der Waals surface area contributed by atoms with E-state index in [1.807, 2.05) is 17.9 Å². The Morgan fingerprint density at radius 1 is 1.38 bits per heavy atom. The Balaban J connectivity index is 2.47. The highest BCUT2D eigenvalue weighted by atomic mass is 15.0. The predicted molar refractivity (Wildman–Crippen MR) is 66.1 cm³/mol. The Hall–Kier alpha value is -1.61. The standard InChI is InChI=1S/C13H17N3/c1-10-4-3-5-11(8-10)13-12(6-7-14)16(2)9-15-13/h3-5,8-9H,6-7,14H2,1-2H3. The van der Waals surface area contributed by atoms with Crippen LogP contribution in [0.1, 0.15) is 11.3 Å². The van der Waals surface area contributed by atoms with Crippen LogP contribution in [0.5, 0.6) is 0 Å². The molecule has 16 heavy (non-hydrogen) atoms. The molecule has 0 atom stereocenters. The zero-order chi connectivity index (χ0) is 11.5. The van der Waals surface area contributed by atoms with Crippen LogP contribution in [0, 0.1) is 6.92 Å². The van der Waals surface area contributed by atoms with Crippen molar-refractivity contribution >= 4 is 0 Å². The van der Waals surface area contributed by atoms with Crippen molar-refractivity contribution in [1.82, 2.24) is 9.55 Å². The molecule has 2 aromatic rings. The first-order valence-corrected chi connectivity index (χ1v) is 5.49. The smallest absolute Gasteiger partial charge is 0.0953 e. The van der Waals surface area contributed by atoms with Gasteiger partial charge in [-0.15, -0.1) is 0 Å². The van der Waals surface area contributed by atoms with Crippen molar-refractivity contribution in [2.75, 3.05) is 6.54 Å². The molecule has 0 aliphatic heterocycles. The Morgan fingerprint density at radius 2 is 2.19 bits per heavy atom. The highest BCUT2D eigenvalue weighted by Crippen LogP contribution is 2.22. The van der Waals surface area contributed by atoms with Crippen LogP contribution in [0.3, 0.4) is 0 Å². The zero-order valence-corrected chi connectivity index (χ0v) is 9.77. The number of rotatable bonds is 3. The third-order valence-corrected chi connectivity index (χ3v) is 2.73. The lowest BCUT2D eigenvalue weighted by molar-refractivity contribution is 0.805. The molecule has 0 aliphatic rings. The van der Waals surface area contributed by atoms with E-state index in [1.54, 1.807) is 0 Å². The Kier molecular flexibility index (Phi) is 3.06. The first kappa shape index (κ1) is 10.9. The summed E-state index contributed by atoms with van der Waals surface area (Å²) in [7, 11) is 2.01. The SMILES string of the molecule is Cc1cccc(-c2ncn(C)c2CCN)c1. The molecule has 0 spiro atoms. The van der Waals surface area contributed by atoms with Crippen LogP contribution in [-0.2, 0) is 13.5 Å². The average Bonchev–Trinajstić information content (AvgIpc) is 2.61. The first-order chi connectivity index (χ1) is 7.72. The number of benzene rings is 1. The second-order valence-corrected chi connectivity index (χ2v) is 4.06. The summed E-state index contributed by atoms with van der Waals surface area (Å²) >= 11 is 0. The zero-order valence-electron chi connectivity index (χ0n) is 9.77. The summed E-state index contributed by atoms with van der Waals surface area (Å²) in [5.41, 5.74) is 10.3. The van der Waals surface area contributed by atoms with Gasteiger partial charge in [0.05, 0.1) is 12.0 Å². The Bertz CT molecular complexity index is 486. The van der Waals surface area contributed by atoms with Crippen molar-refractivity contribution in [3.63, 3.8) is 0 Å². The summed E-state index contributed by atoms with van der Waals surface area (Å²) in [5, 5.41) is 0. The molecule has 1 aromatic carbocycles. The summed E-state index contributed by atoms with van der Waals surface area (Å²) in [6.07, 6.45) is 2.71. The van der Waals surface area contributed by atoms with Gasteiger partial charge < -0.3 is 10.3 Å². The van der Waals surface area contributed by atoms with Crippen LogP contribution >= 0.6 is 0 Å². The summed E-state index contributed by atoms with van der Waals surface area (Å²) in [5.74, 6) is 0. The van der Waals surface area contributed by atoms with E-state index in [-0.39, 0.29) is 0 Å². The molecular weight excluding hydrogens is 198 g/mol. The fourth-order valence-electron chi connectivity index (χ4n) is 1.92. The van der Waals surface area contributed by atoms with Crippen LogP contribution in [0.2, 0.25) is 0 Å². The number of nitrogens with two attached hydrogens (primary N) is 1. The maximum Gasteiger partial charge on any atom is 0.0953 e. The number of hydrogen-bond acceptors (Lipinski definition) is 2. The van der Waals surface area contributed by atoms with Crippen LogP contribution in [0.4, 0.5) is 0 Å². The van der Waals surface area contributed by atoms with Gasteiger partial charge in [-0.1, -0.05) is 23.8 Å². The minimum absolute atomic E-state index is 0.651. The minimum atomic E-state index is 0.651. The van der Waals surface area contributed by atoms with Crippen LogP contribution in [-0.4, -0.2) is 16.1 Å². The number of nitrogens with zero attached hydrogens (tertiary/aromatic N) is 2. The summed E-state index contributed by atoms with van der Waals surface area (Å²) in [4.78, 5) is 4.45. The second-order valence-electron chi connectivity index (χ2n) is 4.06. The molecule has 0 amide bonds. The number of aromatic nitrogens is 2. The number of imidazole rings is 1. The minimum Gasteiger partial charge on any atom is -0.337 e. The maximum absolute atomic E-state index is 5.62. The number of aryl methyl sites for hydroxylation is 2. The van der Waals surface area contributed by atoms with Gasteiger partial charge in [0.15, 0.2) is 0 Å². The molecule has 3 nitrogen and oxygen atoms in total. The lowest BCUT2D eigenvalue weighted by atomic mass is 10.1. The van der Waals surface area contributed by atoms with Crippen molar-refractivity contribution in [2.45, 2.75) is 13.3 Å². The largest absolute Gasteiger partial charge is 0.337 e. The van der Waals surface area contributed by atoms with Gasteiger partial charge in [-0.25, -0.2) is 4.98 Å². The molecule has 0 unspecified atom stereocenters. The molecule has 0 saturated carbocycles. The van der Waals surface area contributed by atoms with E-state index in [4.69, 9.17) is 5.73 Å². The van der Waals surface area contributed by atoms with Gasteiger partial charge in [-0.05, 0) is 19.5 Å². The van der Waals surface area contributed by atoms with E-state index in [9.17, 15) is 0 Å². The van der Waals surface area contributed by atoms with Gasteiger partial charge in [0.25, 0.3) is 0 Å². The topological polar surface area (TPSA) is 43.8 Å². The molecule has 84 valence electrons. The van der Waals surface area contributed by atoms with Crippen molar-refractivity contribution < 1.29 is 0 Å². The third kappa shape index (κ3) is 1.99. The molecule has 1 heterocycles. The molecule has 0 radical (unpaired) electrons. The molecule has 0 bridgehead atoms. The summed E-state index contributed by atoms with van der Waals surface area (Å²) in [6, 6.07) is 8.40. The quantitative estimate of drug-likeness (QED) is 0.849. The molecular formula is C13H17N3. The fraction of sp³-hybridized carbons (Fsp3) is 0.308. The molecule has 3 heteroatoms. The Labute approximate surface area is 95.9 Å². The monoisotopic (exact) mass is 215 g/mol. The molecule has 2 N–H and O–H groups in total. The maximum atomic E-state index is 5.62. The van der Waals surface area contributed by atoms with Gasteiger partial charge in [0, 0.05) is 24.7 Å². The van der Waals surface area contributed by atoms with Crippen molar-refractivity contribution in [1.29, 1.82) is 0 Å². The molecule has 1 aromatic heterocycles. The van der Waals surface area contributed by atoms with Gasteiger partial charge >= 0.3 is 0 Å².